The lowest BCUT2D eigenvalue weighted by Gasteiger charge is -1.92. The highest BCUT2D eigenvalue weighted by atomic mass is 15.1. The number of aromatic nitrogens is 2. The monoisotopic (exact) mass is 148 g/mol. The molecule has 2 nitrogen and oxygen atoms in total. The van der Waals surface area contributed by atoms with Crippen molar-refractivity contribution >= 4 is 6.08 Å². The molecule has 0 radical (unpaired) electrons. The van der Waals surface area contributed by atoms with E-state index in [9.17, 15) is 0 Å². The van der Waals surface area contributed by atoms with E-state index in [1.54, 1.807) is 6.20 Å². The SMILES string of the molecule is CC(C)/C=C/c1cccnn1. The first-order valence-electron chi connectivity index (χ1n) is 3.75. The summed E-state index contributed by atoms with van der Waals surface area (Å²) in [5.74, 6) is 0.567. The van der Waals surface area contributed by atoms with Gasteiger partial charge in [0.25, 0.3) is 0 Å². The minimum atomic E-state index is 0.567. The molecule has 0 fully saturated rings. The van der Waals surface area contributed by atoms with Gasteiger partial charge < -0.3 is 0 Å². The van der Waals surface area contributed by atoms with Crippen LogP contribution in [0.3, 0.4) is 0 Å². The van der Waals surface area contributed by atoms with Crippen LogP contribution in [0.1, 0.15) is 19.5 Å². The molecule has 1 heterocycles. The highest BCUT2D eigenvalue weighted by molar-refractivity contribution is 5.43. The molecule has 58 valence electrons. The summed E-state index contributed by atoms with van der Waals surface area (Å²) in [5, 5.41) is 7.68. The zero-order valence-corrected chi connectivity index (χ0v) is 6.86. The van der Waals surface area contributed by atoms with Gasteiger partial charge in [-0.25, -0.2) is 0 Å². The van der Waals surface area contributed by atoms with Crippen LogP contribution in [0.5, 0.6) is 0 Å². The Balaban J connectivity index is 2.65. The lowest BCUT2D eigenvalue weighted by molar-refractivity contribution is 0.835. The van der Waals surface area contributed by atoms with Crippen LogP contribution in [0.2, 0.25) is 0 Å². The van der Waals surface area contributed by atoms with Gasteiger partial charge in [0.2, 0.25) is 0 Å². The molecule has 1 aromatic rings. The van der Waals surface area contributed by atoms with Crippen molar-refractivity contribution in [3.8, 4) is 0 Å². The molecule has 0 aliphatic carbocycles. The van der Waals surface area contributed by atoms with Gasteiger partial charge in [-0.1, -0.05) is 19.9 Å². The van der Waals surface area contributed by atoms with Crippen LogP contribution in [0.4, 0.5) is 0 Å². The van der Waals surface area contributed by atoms with E-state index in [1.165, 1.54) is 0 Å². The maximum Gasteiger partial charge on any atom is 0.0854 e. The molecule has 0 bridgehead atoms. The number of allylic oxidation sites excluding steroid dienone is 1. The van der Waals surface area contributed by atoms with Crippen LogP contribution < -0.4 is 0 Å². The summed E-state index contributed by atoms with van der Waals surface area (Å²) in [7, 11) is 0. The Morgan fingerprint density at radius 2 is 2.27 bits per heavy atom. The highest BCUT2D eigenvalue weighted by Gasteiger charge is 1.86. The van der Waals surface area contributed by atoms with Gasteiger partial charge in [0.15, 0.2) is 0 Å². The third-order valence-corrected chi connectivity index (χ3v) is 1.24. The smallest absolute Gasteiger partial charge is 0.0854 e. The number of hydrogen-bond acceptors (Lipinski definition) is 2. The van der Waals surface area contributed by atoms with Crippen molar-refractivity contribution in [3.05, 3.63) is 30.1 Å². The molecule has 0 unspecified atom stereocenters. The van der Waals surface area contributed by atoms with Gasteiger partial charge in [0.05, 0.1) is 5.69 Å². The van der Waals surface area contributed by atoms with Gasteiger partial charge >= 0.3 is 0 Å². The van der Waals surface area contributed by atoms with Crippen LogP contribution in [0.15, 0.2) is 24.4 Å². The summed E-state index contributed by atoms with van der Waals surface area (Å²) in [4.78, 5) is 0. The molecule has 0 spiro atoms. The average molecular weight is 148 g/mol. The van der Waals surface area contributed by atoms with Gasteiger partial charge in [-0.3, -0.25) is 0 Å². The van der Waals surface area contributed by atoms with E-state index < -0.39 is 0 Å². The van der Waals surface area contributed by atoms with Crippen molar-refractivity contribution in [1.82, 2.24) is 10.2 Å². The molecule has 1 aromatic heterocycles. The Bertz CT molecular complexity index is 227. The van der Waals surface area contributed by atoms with Crippen LogP contribution in [0.25, 0.3) is 6.08 Å². The zero-order valence-electron chi connectivity index (χ0n) is 6.86. The van der Waals surface area contributed by atoms with E-state index >= 15 is 0 Å². The number of nitrogens with zero attached hydrogens (tertiary/aromatic N) is 2. The fourth-order valence-electron chi connectivity index (χ4n) is 0.693. The molecule has 1 rings (SSSR count). The van der Waals surface area contributed by atoms with E-state index in [-0.39, 0.29) is 0 Å². The molecule has 0 atom stereocenters. The maximum absolute atomic E-state index is 3.91. The summed E-state index contributed by atoms with van der Waals surface area (Å²) < 4.78 is 0. The largest absolute Gasteiger partial charge is 0.159 e. The first-order valence-corrected chi connectivity index (χ1v) is 3.75. The Morgan fingerprint density at radius 3 is 2.82 bits per heavy atom. The topological polar surface area (TPSA) is 25.8 Å². The van der Waals surface area contributed by atoms with Crippen molar-refractivity contribution in [2.24, 2.45) is 5.92 Å². The molecule has 0 aliphatic rings. The molecule has 0 N–H and O–H groups in total. The Hall–Kier alpha value is -1.18. The van der Waals surface area contributed by atoms with Crippen LogP contribution >= 0.6 is 0 Å². The van der Waals surface area contributed by atoms with E-state index in [0.29, 0.717) is 5.92 Å². The summed E-state index contributed by atoms with van der Waals surface area (Å²) in [6.45, 7) is 4.26. The average Bonchev–Trinajstić information content (AvgIpc) is 2.03. The van der Waals surface area contributed by atoms with Gasteiger partial charge in [-0.05, 0) is 24.1 Å². The van der Waals surface area contributed by atoms with Crippen molar-refractivity contribution in [2.45, 2.75) is 13.8 Å². The fourth-order valence-corrected chi connectivity index (χ4v) is 0.693. The third kappa shape index (κ3) is 2.94. The normalized spacial score (nSPS) is 11.2. The van der Waals surface area contributed by atoms with Gasteiger partial charge in [0.1, 0.15) is 0 Å². The molecular formula is C9H12N2. The van der Waals surface area contributed by atoms with Crippen molar-refractivity contribution < 1.29 is 0 Å². The minimum absolute atomic E-state index is 0.567. The summed E-state index contributed by atoms with van der Waals surface area (Å²) in [6.07, 6.45) is 5.76. The molecule has 0 saturated carbocycles. The third-order valence-electron chi connectivity index (χ3n) is 1.24. The molecular weight excluding hydrogens is 136 g/mol. The van der Waals surface area contributed by atoms with Crippen molar-refractivity contribution in [2.75, 3.05) is 0 Å². The standard InChI is InChI=1S/C9H12N2/c1-8(2)5-6-9-4-3-7-10-11-9/h3-8H,1-2H3/b6-5+. The first-order chi connectivity index (χ1) is 5.29. The zero-order chi connectivity index (χ0) is 8.10. The van der Waals surface area contributed by atoms with Crippen LogP contribution in [-0.2, 0) is 0 Å². The highest BCUT2D eigenvalue weighted by Crippen LogP contribution is 1.99. The fraction of sp³-hybridized carbons (Fsp3) is 0.333. The molecule has 2 heteroatoms. The van der Waals surface area contributed by atoms with Gasteiger partial charge in [-0.2, -0.15) is 10.2 Å². The molecule has 0 saturated heterocycles. The minimum Gasteiger partial charge on any atom is -0.159 e. The van der Waals surface area contributed by atoms with Crippen LogP contribution in [0, 0.1) is 5.92 Å². The molecule has 0 amide bonds. The molecule has 11 heavy (non-hydrogen) atoms. The quantitative estimate of drug-likeness (QED) is 0.642. The van der Waals surface area contributed by atoms with Crippen molar-refractivity contribution in [3.63, 3.8) is 0 Å². The van der Waals surface area contributed by atoms with E-state index in [2.05, 4.69) is 30.1 Å². The Morgan fingerprint density at radius 1 is 1.45 bits per heavy atom. The van der Waals surface area contributed by atoms with Crippen LogP contribution in [-0.4, -0.2) is 10.2 Å². The summed E-state index contributed by atoms with van der Waals surface area (Å²) in [5.41, 5.74) is 0.918. The summed E-state index contributed by atoms with van der Waals surface area (Å²) >= 11 is 0. The van der Waals surface area contributed by atoms with Gasteiger partial charge in [-0.15, -0.1) is 0 Å². The lowest BCUT2D eigenvalue weighted by atomic mass is 10.2. The molecule has 0 aromatic carbocycles. The predicted octanol–water partition coefficient (Wildman–Crippen LogP) is 2.15. The second kappa shape index (κ2) is 3.86. The predicted molar refractivity (Wildman–Crippen MR) is 45.9 cm³/mol. The van der Waals surface area contributed by atoms with E-state index in [4.69, 9.17) is 0 Å². The second-order valence-corrected chi connectivity index (χ2v) is 2.75. The Kier molecular flexibility index (Phi) is 2.78. The maximum atomic E-state index is 3.91. The van der Waals surface area contributed by atoms with E-state index in [1.807, 2.05) is 18.2 Å². The van der Waals surface area contributed by atoms with Gasteiger partial charge in [0, 0.05) is 6.20 Å². The Labute approximate surface area is 67.0 Å². The second-order valence-electron chi connectivity index (χ2n) is 2.75. The van der Waals surface area contributed by atoms with E-state index in [0.717, 1.165) is 5.69 Å². The summed E-state index contributed by atoms with van der Waals surface area (Å²) in [6, 6.07) is 3.82. The lowest BCUT2D eigenvalue weighted by Crippen LogP contribution is -1.83. The van der Waals surface area contributed by atoms with Crippen molar-refractivity contribution in [1.29, 1.82) is 0 Å². The first kappa shape index (κ1) is 7.92. The number of rotatable bonds is 2. The number of hydrogen-bond donors (Lipinski definition) is 0. The molecule has 0 aliphatic heterocycles.